The summed E-state index contributed by atoms with van der Waals surface area (Å²) in [5, 5.41) is 15.1. The molecule has 1 N–H and O–H groups in total. The van der Waals surface area contributed by atoms with Crippen LogP contribution in [-0.2, 0) is 20.6 Å². The molecule has 0 amide bonds. The number of pyridine rings is 2. The van der Waals surface area contributed by atoms with E-state index < -0.39 is 12.7 Å². The third-order valence-electron chi connectivity index (χ3n) is 5.32. The molecule has 0 atom stereocenters. The summed E-state index contributed by atoms with van der Waals surface area (Å²) in [7, 11) is 3.30. The summed E-state index contributed by atoms with van der Waals surface area (Å²) in [6, 6.07) is 9.62. The number of halogens is 3. The molecule has 168 valence electrons. The molecular weight excluding hydrogens is 437 g/mol. The lowest BCUT2D eigenvalue weighted by Crippen LogP contribution is -2.20. The fourth-order valence-corrected chi connectivity index (χ4v) is 3.82. The van der Waals surface area contributed by atoms with E-state index in [9.17, 15) is 18.0 Å². The van der Waals surface area contributed by atoms with Crippen LogP contribution < -0.4 is 5.56 Å². The van der Waals surface area contributed by atoms with Gasteiger partial charge in [0.2, 0.25) is 0 Å². The van der Waals surface area contributed by atoms with E-state index in [0.29, 0.717) is 28.3 Å². The Balaban J connectivity index is 1.93. The van der Waals surface area contributed by atoms with Crippen molar-refractivity contribution in [3.63, 3.8) is 0 Å². The molecule has 0 aliphatic heterocycles. The van der Waals surface area contributed by atoms with Crippen LogP contribution in [0.3, 0.4) is 0 Å². The molecule has 0 saturated carbocycles. The molecule has 0 bridgehead atoms. The minimum Gasteiger partial charge on any atom is -0.311 e. The van der Waals surface area contributed by atoms with Crippen LogP contribution in [0.1, 0.15) is 0 Å². The van der Waals surface area contributed by atoms with Crippen LogP contribution in [0, 0.1) is 0 Å². The summed E-state index contributed by atoms with van der Waals surface area (Å²) >= 11 is 0. The number of H-pyrrole nitrogens is 1. The highest BCUT2D eigenvalue weighted by molar-refractivity contribution is 5.99. The maximum absolute atomic E-state index is 13.5. The zero-order chi connectivity index (χ0) is 23.3. The first kappa shape index (κ1) is 20.7. The zero-order valence-corrected chi connectivity index (χ0v) is 17.5. The average Bonchev–Trinajstić information content (AvgIpc) is 3.49. The molecule has 5 rings (SSSR count). The Morgan fingerprint density at radius 2 is 1.88 bits per heavy atom. The first-order valence-corrected chi connectivity index (χ1v) is 9.86. The van der Waals surface area contributed by atoms with Gasteiger partial charge in [0.25, 0.3) is 5.56 Å². The minimum atomic E-state index is -4.52. The van der Waals surface area contributed by atoms with Gasteiger partial charge in [0.05, 0.1) is 28.3 Å². The Morgan fingerprint density at radius 3 is 2.55 bits per heavy atom. The van der Waals surface area contributed by atoms with Gasteiger partial charge in [0.1, 0.15) is 17.8 Å². The van der Waals surface area contributed by atoms with Gasteiger partial charge in [0.15, 0.2) is 0 Å². The summed E-state index contributed by atoms with van der Waals surface area (Å²) in [5.41, 5.74) is 2.69. The number of hydrogen-bond donors (Lipinski definition) is 1. The van der Waals surface area contributed by atoms with Gasteiger partial charge < -0.3 is 4.57 Å². The van der Waals surface area contributed by atoms with Gasteiger partial charge >= 0.3 is 6.18 Å². The van der Waals surface area contributed by atoms with Gasteiger partial charge in [-0.05, 0) is 24.3 Å². The number of aromatic nitrogens is 8. The molecule has 0 aliphatic carbocycles. The first-order valence-electron chi connectivity index (χ1n) is 9.86. The van der Waals surface area contributed by atoms with Crippen LogP contribution >= 0.6 is 0 Å². The molecule has 12 heteroatoms. The lowest BCUT2D eigenvalue weighted by molar-refractivity contribution is -0.141. The SMILES string of the molecule is Cn1nccc1-c1cc(-c2cccc(=O)n2C)c2c(n1)c(-c1ccn[nH]1)nn2CC(F)(F)F. The average molecular weight is 454 g/mol. The van der Waals surface area contributed by atoms with Crippen molar-refractivity contribution in [2.24, 2.45) is 14.1 Å². The van der Waals surface area contributed by atoms with E-state index in [-0.39, 0.29) is 22.3 Å². The normalized spacial score (nSPS) is 12.0. The number of nitrogens with one attached hydrogen (secondary N) is 1. The fourth-order valence-electron chi connectivity index (χ4n) is 3.82. The number of fused-ring (bicyclic) bond motifs is 1. The molecule has 0 fully saturated rings. The summed E-state index contributed by atoms with van der Waals surface area (Å²) < 4.78 is 44.3. The second-order valence-electron chi connectivity index (χ2n) is 7.49. The third-order valence-corrected chi connectivity index (χ3v) is 5.32. The van der Waals surface area contributed by atoms with Crippen molar-refractivity contribution < 1.29 is 13.2 Å². The topological polar surface area (TPSA) is 99.2 Å². The molecule has 9 nitrogen and oxygen atoms in total. The Bertz CT molecular complexity index is 1530. The van der Waals surface area contributed by atoms with Crippen LogP contribution in [0.5, 0.6) is 0 Å². The molecular formula is C21H17F3N8O. The van der Waals surface area contributed by atoms with Gasteiger partial charge in [-0.15, -0.1) is 0 Å². The van der Waals surface area contributed by atoms with E-state index in [1.165, 1.54) is 16.8 Å². The molecule has 0 aromatic carbocycles. The van der Waals surface area contributed by atoms with E-state index >= 15 is 0 Å². The lowest BCUT2D eigenvalue weighted by atomic mass is 10.1. The Hall–Kier alpha value is -4.22. The van der Waals surface area contributed by atoms with Gasteiger partial charge in [0, 0.05) is 38.1 Å². The highest BCUT2D eigenvalue weighted by atomic mass is 19.4. The van der Waals surface area contributed by atoms with E-state index in [0.717, 1.165) is 4.68 Å². The molecule has 0 radical (unpaired) electrons. The van der Waals surface area contributed by atoms with Crippen molar-refractivity contribution in [1.29, 1.82) is 0 Å². The minimum absolute atomic E-state index is 0.157. The van der Waals surface area contributed by atoms with Crippen molar-refractivity contribution in [2.45, 2.75) is 12.7 Å². The number of nitrogens with zero attached hydrogens (tertiary/aromatic N) is 7. The summed E-state index contributed by atoms with van der Waals surface area (Å²) in [4.78, 5) is 17.0. The molecule has 0 spiro atoms. The monoisotopic (exact) mass is 454 g/mol. The molecule has 5 heterocycles. The van der Waals surface area contributed by atoms with Gasteiger partial charge in [-0.25, -0.2) is 4.98 Å². The number of hydrogen-bond acceptors (Lipinski definition) is 5. The predicted molar refractivity (Wildman–Crippen MR) is 114 cm³/mol. The van der Waals surface area contributed by atoms with Crippen molar-refractivity contribution in [2.75, 3.05) is 0 Å². The van der Waals surface area contributed by atoms with Crippen LogP contribution in [0.4, 0.5) is 13.2 Å². The first-order chi connectivity index (χ1) is 15.7. The molecule has 0 saturated heterocycles. The maximum Gasteiger partial charge on any atom is 0.408 e. The van der Waals surface area contributed by atoms with E-state index in [2.05, 4.69) is 25.4 Å². The highest BCUT2D eigenvalue weighted by Gasteiger charge is 2.32. The quantitative estimate of drug-likeness (QED) is 0.450. The van der Waals surface area contributed by atoms with Crippen LogP contribution in [-0.4, -0.2) is 45.5 Å². The zero-order valence-electron chi connectivity index (χ0n) is 17.5. The van der Waals surface area contributed by atoms with Crippen molar-refractivity contribution in [3.05, 3.63) is 59.1 Å². The fraction of sp³-hybridized carbons (Fsp3) is 0.190. The smallest absolute Gasteiger partial charge is 0.311 e. The lowest BCUT2D eigenvalue weighted by Gasteiger charge is -2.14. The third kappa shape index (κ3) is 3.58. The number of aromatic amines is 1. The van der Waals surface area contributed by atoms with Gasteiger partial charge in [-0.1, -0.05) is 6.07 Å². The van der Waals surface area contributed by atoms with E-state index in [1.807, 2.05) is 0 Å². The predicted octanol–water partition coefficient (Wildman–Crippen LogP) is 3.15. The molecule has 5 aromatic heterocycles. The molecule has 33 heavy (non-hydrogen) atoms. The largest absolute Gasteiger partial charge is 0.408 e. The second-order valence-corrected chi connectivity index (χ2v) is 7.49. The van der Waals surface area contributed by atoms with Crippen molar-refractivity contribution in [3.8, 4) is 34.0 Å². The summed E-state index contributed by atoms with van der Waals surface area (Å²) in [6.07, 6.45) is -1.44. The van der Waals surface area contributed by atoms with Crippen molar-refractivity contribution in [1.82, 2.24) is 39.3 Å². The summed E-state index contributed by atoms with van der Waals surface area (Å²) in [6.45, 7) is -1.32. The number of alkyl halides is 3. The van der Waals surface area contributed by atoms with Crippen LogP contribution in [0.25, 0.3) is 45.1 Å². The van der Waals surface area contributed by atoms with Crippen LogP contribution in [0.15, 0.2) is 53.6 Å². The maximum atomic E-state index is 13.5. The standard InChI is InChI=1S/C21H17F3N8O/c1-30-15(4-3-5-17(30)33)12-10-14(16-7-9-26-31(16)2)27-19-18(13-6-8-25-28-13)29-32(20(12)19)11-21(22,23)24/h3-10H,11H2,1-2H3,(H,25,28). The Morgan fingerprint density at radius 1 is 1.06 bits per heavy atom. The van der Waals surface area contributed by atoms with E-state index in [1.54, 1.807) is 55.3 Å². The summed E-state index contributed by atoms with van der Waals surface area (Å²) in [5.74, 6) is 0. The molecule has 5 aromatic rings. The Kier molecular flexibility index (Phi) is 4.65. The second kappa shape index (κ2) is 7.43. The highest BCUT2D eigenvalue weighted by Crippen LogP contribution is 2.36. The molecule has 0 unspecified atom stereocenters. The number of aryl methyl sites for hydroxylation is 1. The van der Waals surface area contributed by atoms with Gasteiger partial charge in [-0.2, -0.15) is 28.5 Å². The number of rotatable bonds is 4. The molecule has 0 aliphatic rings. The van der Waals surface area contributed by atoms with E-state index in [4.69, 9.17) is 0 Å². The van der Waals surface area contributed by atoms with Crippen molar-refractivity contribution >= 4 is 11.0 Å². The Labute approximate surface area is 184 Å². The van der Waals surface area contributed by atoms with Crippen LogP contribution in [0.2, 0.25) is 0 Å². The van der Waals surface area contributed by atoms with Gasteiger partial charge in [-0.3, -0.25) is 19.3 Å².